The van der Waals surface area contributed by atoms with Crippen molar-refractivity contribution in [1.82, 2.24) is 10.2 Å². The molecule has 3 unspecified atom stereocenters. The van der Waals surface area contributed by atoms with Gasteiger partial charge in [0.15, 0.2) is 0 Å². The van der Waals surface area contributed by atoms with E-state index in [1.54, 1.807) is 13.8 Å². The van der Waals surface area contributed by atoms with Crippen LogP contribution in [0.2, 0.25) is 0 Å². The van der Waals surface area contributed by atoms with E-state index in [2.05, 4.69) is 65.7 Å². The number of ether oxygens (including phenoxy) is 2. The second kappa shape index (κ2) is 13.4. The number of carbonyl (C=O) groups excluding carboxylic acids is 3. The zero-order chi connectivity index (χ0) is 38.2. The van der Waals surface area contributed by atoms with E-state index in [1.165, 1.54) is 11.1 Å². The molecule has 6 rings (SSSR count). The van der Waals surface area contributed by atoms with Crippen LogP contribution in [0, 0.1) is 56.7 Å². The maximum absolute atomic E-state index is 14.0. The predicted molar refractivity (Wildman–Crippen MR) is 200 cm³/mol. The topological polar surface area (TPSA) is 122 Å². The highest BCUT2D eigenvalue weighted by atomic mass is 16.6. The van der Waals surface area contributed by atoms with E-state index in [0.717, 1.165) is 77.3 Å². The fraction of sp³-hybridized carbons (Fsp3) is 0.860. The lowest BCUT2D eigenvalue weighted by Gasteiger charge is -2.70. The number of nitrogens with one attached hydrogen (secondary N) is 1. The fourth-order valence-electron chi connectivity index (χ4n) is 13.1. The Morgan fingerprint density at radius 3 is 2.25 bits per heavy atom. The van der Waals surface area contributed by atoms with Gasteiger partial charge in [-0.05, 0) is 144 Å². The van der Waals surface area contributed by atoms with Gasteiger partial charge in [-0.25, -0.2) is 4.79 Å². The molecule has 0 spiro atoms. The second-order valence-electron chi connectivity index (χ2n) is 20.5. The summed E-state index contributed by atoms with van der Waals surface area (Å²) >= 11 is 0. The van der Waals surface area contributed by atoms with Gasteiger partial charge in [0.05, 0.1) is 24.0 Å². The molecule has 5 aliphatic carbocycles. The number of nitrogens with zero attached hydrogens (tertiary/aromatic N) is 1. The Morgan fingerprint density at radius 1 is 0.942 bits per heavy atom. The maximum Gasteiger partial charge on any atom is 0.407 e. The molecule has 1 aliphatic heterocycles. The number of alkyl carbamates (subject to hydrolysis) is 1. The van der Waals surface area contributed by atoms with Crippen molar-refractivity contribution in [3.63, 3.8) is 0 Å². The number of aliphatic carboxylic acids is 1. The van der Waals surface area contributed by atoms with Crippen molar-refractivity contribution >= 4 is 23.8 Å². The Kier molecular flexibility index (Phi) is 10.1. The number of esters is 1. The first-order valence-corrected chi connectivity index (χ1v) is 20.4. The zero-order valence-corrected chi connectivity index (χ0v) is 33.9. The molecule has 4 saturated carbocycles. The number of carboxylic acids is 1. The summed E-state index contributed by atoms with van der Waals surface area (Å²) in [6.07, 6.45) is 9.12. The number of carboxylic acid groups (broad SMARTS) is 1. The van der Waals surface area contributed by atoms with Crippen molar-refractivity contribution in [2.75, 3.05) is 26.7 Å². The molecule has 1 saturated heterocycles. The molecule has 0 bridgehead atoms. The SMILES string of the molecule is CC(C)C1C(=O)C[C@]2(NC(=O)OCC3CCN(C)CC3)CC[C@]3(C)C(=C12)CCC1[C@@]2(C)CC[C@H](OC(=O)CC(C)(C)C(=O)O)C(C)(C)C2CC[C@]13C. The summed E-state index contributed by atoms with van der Waals surface area (Å²) < 4.78 is 12.1. The minimum Gasteiger partial charge on any atom is -0.481 e. The van der Waals surface area contributed by atoms with Gasteiger partial charge >= 0.3 is 18.0 Å². The van der Waals surface area contributed by atoms with Crippen LogP contribution >= 0.6 is 0 Å². The van der Waals surface area contributed by atoms with E-state index >= 15 is 0 Å². The predicted octanol–water partition coefficient (Wildman–Crippen LogP) is 8.20. The lowest BCUT2D eigenvalue weighted by atomic mass is 9.34. The van der Waals surface area contributed by atoms with Gasteiger partial charge in [-0.1, -0.05) is 54.0 Å². The summed E-state index contributed by atoms with van der Waals surface area (Å²) in [4.78, 5) is 54.7. The summed E-state index contributed by atoms with van der Waals surface area (Å²) in [5, 5.41) is 13.0. The van der Waals surface area contributed by atoms with Crippen LogP contribution in [-0.2, 0) is 23.9 Å². The van der Waals surface area contributed by atoms with Crippen LogP contribution in [0.5, 0.6) is 0 Å². The van der Waals surface area contributed by atoms with Crippen LogP contribution in [0.4, 0.5) is 4.79 Å². The molecule has 0 aromatic rings. The highest BCUT2D eigenvalue weighted by Gasteiger charge is 2.69. The molecule has 1 heterocycles. The maximum atomic E-state index is 14.0. The molecule has 9 heteroatoms. The normalized spacial score (nSPS) is 39.2. The van der Waals surface area contributed by atoms with Crippen molar-refractivity contribution in [2.24, 2.45) is 56.7 Å². The molecule has 0 radical (unpaired) electrons. The average molecular weight is 725 g/mol. The first-order valence-electron chi connectivity index (χ1n) is 20.4. The summed E-state index contributed by atoms with van der Waals surface area (Å²) in [6, 6.07) is 0. The van der Waals surface area contributed by atoms with Crippen molar-refractivity contribution in [3.8, 4) is 0 Å². The summed E-state index contributed by atoms with van der Waals surface area (Å²) in [5.74, 6) is -0.00957. The Balaban J connectivity index is 1.26. The van der Waals surface area contributed by atoms with E-state index in [1.807, 2.05) is 0 Å². The lowest BCUT2D eigenvalue weighted by molar-refractivity contribution is -0.214. The van der Waals surface area contributed by atoms with Gasteiger partial charge in [-0.2, -0.15) is 0 Å². The number of hydrogen-bond acceptors (Lipinski definition) is 7. The van der Waals surface area contributed by atoms with Gasteiger partial charge in [0.2, 0.25) is 0 Å². The van der Waals surface area contributed by atoms with E-state index in [-0.39, 0.29) is 57.9 Å². The third-order valence-corrected chi connectivity index (χ3v) is 16.4. The molecular weight excluding hydrogens is 656 g/mol. The Morgan fingerprint density at radius 2 is 1.62 bits per heavy atom. The quantitative estimate of drug-likeness (QED) is 0.190. The first-order chi connectivity index (χ1) is 24.1. The van der Waals surface area contributed by atoms with Crippen LogP contribution < -0.4 is 5.32 Å². The lowest BCUT2D eigenvalue weighted by Crippen LogP contribution is -2.65. The highest BCUT2D eigenvalue weighted by molar-refractivity contribution is 5.92. The Bertz CT molecular complexity index is 1490. The third-order valence-electron chi connectivity index (χ3n) is 16.4. The number of allylic oxidation sites excluding steroid dienone is 1. The minimum atomic E-state index is -1.17. The van der Waals surface area contributed by atoms with Gasteiger partial charge in [0, 0.05) is 17.8 Å². The summed E-state index contributed by atoms with van der Waals surface area (Å²) in [6.45, 7) is 22.0. The number of likely N-dealkylation sites (tertiary alicyclic amines) is 1. The van der Waals surface area contributed by atoms with Crippen molar-refractivity contribution in [2.45, 2.75) is 151 Å². The van der Waals surface area contributed by atoms with Crippen molar-refractivity contribution in [1.29, 1.82) is 0 Å². The number of piperidine rings is 1. The van der Waals surface area contributed by atoms with Crippen LogP contribution in [0.3, 0.4) is 0 Å². The van der Waals surface area contributed by atoms with Gasteiger partial charge in [0.25, 0.3) is 0 Å². The third kappa shape index (κ3) is 6.24. The number of fused-ring (bicyclic) bond motifs is 6. The van der Waals surface area contributed by atoms with E-state index in [9.17, 15) is 24.3 Å². The zero-order valence-electron chi connectivity index (χ0n) is 33.9. The minimum absolute atomic E-state index is 0.0118. The van der Waals surface area contributed by atoms with E-state index in [0.29, 0.717) is 30.8 Å². The highest BCUT2D eigenvalue weighted by Crippen LogP contribution is 2.75. The van der Waals surface area contributed by atoms with Crippen molar-refractivity contribution < 1.29 is 33.8 Å². The molecule has 2 N–H and O–H groups in total. The summed E-state index contributed by atoms with van der Waals surface area (Å²) in [7, 11) is 2.14. The van der Waals surface area contributed by atoms with Crippen LogP contribution in [0.15, 0.2) is 11.1 Å². The number of rotatable bonds is 8. The number of Topliss-reactive ketones (excluding diaryl/α,β-unsaturated/α-hetero) is 1. The second-order valence-corrected chi connectivity index (χ2v) is 20.5. The number of ketones is 1. The van der Waals surface area contributed by atoms with Crippen LogP contribution in [0.1, 0.15) is 139 Å². The first kappa shape index (κ1) is 39.3. The molecule has 8 atom stereocenters. The standard InChI is InChI=1S/C43H68N2O7/c1-26(2)34-29(46)23-43(44-37(50)51-25-27-15-21-45(10)22-16-27)20-19-41(8)28(35(34)43)11-12-31-40(7)17-14-32(52-33(47)24-38(3,4)36(48)49)39(5,6)30(40)13-18-42(31,41)9/h26-27,30-32,34H,11-25H2,1-10H3,(H,44,50)(H,48,49)/t30?,31?,32-,34?,40-,41+,42+,43+/m0/s1. The van der Waals surface area contributed by atoms with Crippen LogP contribution in [-0.4, -0.2) is 72.2 Å². The van der Waals surface area contributed by atoms with Crippen LogP contribution in [0.25, 0.3) is 0 Å². The summed E-state index contributed by atoms with van der Waals surface area (Å²) in [5.41, 5.74) is 0.512. The number of amides is 1. The van der Waals surface area contributed by atoms with Gasteiger partial charge in [0.1, 0.15) is 11.9 Å². The molecule has 0 aromatic heterocycles. The van der Waals surface area contributed by atoms with E-state index in [4.69, 9.17) is 9.47 Å². The monoisotopic (exact) mass is 725 g/mol. The van der Waals surface area contributed by atoms with Gasteiger partial charge in [-0.3, -0.25) is 14.4 Å². The van der Waals surface area contributed by atoms with Gasteiger partial charge < -0.3 is 24.8 Å². The molecule has 0 aromatic carbocycles. The van der Waals surface area contributed by atoms with Crippen molar-refractivity contribution in [3.05, 3.63) is 11.1 Å². The average Bonchev–Trinajstić information content (AvgIpc) is 3.34. The molecule has 9 nitrogen and oxygen atoms in total. The van der Waals surface area contributed by atoms with Gasteiger partial charge in [-0.15, -0.1) is 0 Å². The fourth-order valence-corrected chi connectivity index (χ4v) is 13.1. The largest absolute Gasteiger partial charge is 0.481 e. The smallest absolute Gasteiger partial charge is 0.407 e. The number of carbonyl (C=O) groups is 4. The molecular formula is C43H68N2O7. The molecule has 52 heavy (non-hydrogen) atoms. The van der Waals surface area contributed by atoms with E-state index < -0.39 is 22.9 Å². The number of hydrogen-bond donors (Lipinski definition) is 2. The molecule has 1 amide bonds. The molecule has 5 fully saturated rings. The molecule has 292 valence electrons. The molecule has 6 aliphatic rings. The Labute approximate surface area is 312 Å². The Hall–Kier alpha value is -2.42.